The fourth-order valence-electron chi connectivity index (χ4n) is 2.74. The number of nitrogens with zero attached hydrogens (tertiary/aromatic N) is 4. The maximum absolute atomic E-state index is 10.7. The number of hydrogen-bond donors (Lipinski definition) is 0. The van der Waals surface area contributed by atoms with Crippen LogP contribution in [0, 0.1) is 17.0 Å². The maximum atomic E-state index is 10.7. The van der Waals surface area contributed by atoms with Crippen molar-refractivity contribution in [1.29, 1.82) is 0 Å². The zero-order chi connectivity index (χ0) is 15.5. The largest absolute Gasteiger partial charge is 0.368 e. The Hall–Kier alpha value is -2.63. The number of rotatable bonds is 3. The van der Waals surface area contributed by atoms with Gasteiger partial charge in [0, 0.05) is 61.6 Å². The Balaban J connectivity index is 1.65. The van der Waals surface area contributed by atoms with Crippen LogP contribution in [0.2, 0.25) is 0 Å². The van der Waals surface area contributed by atoms with Crippen LogP contribution in [0.15, 0.2) is 42.6 Å². The van der Waals surface area contributed by atoms with Gasteiger partial charge in [-0.2, -0.15) is 0 Å². The van der Waals surface area contributed by atoms with Gasteiger partial charge in [-0.05, 0) is 31.2 Å². The van der Waals surface area contributed by atoms with E-state index in [-0.39, 0.29) is 10.6 Å². The minimum Gasteiger partial charge on any atom is -0.368 e. The van der Waals surface area contributed by atoms with Crippen LogP contribution in [0.1, 0.15) is 5.69 Å². The molecule has 6 heteroatoms. The predicted octanol–water partition coefficient (Wildman–Crippen LogP) is 2.62. The van der Waals surface area contributed by atoms with E-state index in [0.29, 0.717) is 0 Å². The Morgan fingerprint density at radius 1 is 1.00 bits per heavy atom. The fourth-order valence-corrected chi connectivity index (χ4v) is 2.74. The molecule has 2 heterocycles. The van der Waals surface area contributed by atoms with Crippen molar-refractivity contribution < 1.29 is 4.92 Å². The van der Waals surface area contributed by atoms with Crippen molar-refractivity contribution in [3.63, 3.8) is 0 Å². The highest BCUT2D eigenvalue weighted by molar-refractivity contribution is 5.54. The zero-order valence-electron chi connectivity index (χ0n) is 12.5. The molecule has 114 valence electrons. The summed E-state index contributed by atoms with van der Waals surface area (Å²) in [5.41, 5.74) is 3.40. The molecule has 0 saturated carbocycles. The molecule has 6 nitrogen and oxygen atoms in total. The number of anilines is 2. The second kappa shape index (κ2) is 6.01. The van der Waals surface area contributed by atoms with E-state index in [0.717, 1.165) is 37.6 Å². The summed E-state index contributed by atoms with van der Waals surface area (Å²) in [5.74, 6) is 0. The number of aryl methyl sites for hydroxylation is 1. The Morgan fingerprint density at radius 2 is 1.59 bits per heavy atom. The average Bonchev–Trinajstić information content (AvgIpc) is 2.55. The van der Waals surface area contributed by atoms with Crippen molar-refractivity contribution >= 4 is 17.1 Å². The second-order valence-electron chi connectivity index (χ2n) is 5.40. The lowest BCUT2D eigenvalue weighted by atomic mass is 10.2. The molecule has 1 aromatic heterocycles. The Kier molecular flexibility index (Phi) is 3.91. The molecular formula is C16H18N4O2. The summed E-state index contributed by atoms with van der Waals surface area (Å²) in [6, 6.07) is 10.9. The van der Waals surface area contributed by atoms with E-state index < -0.39 is 0 Å². The number of pyridine rings is 1. The Labute approximate surface area is 129 Å². The van der Waals surface area contributed by atoms with Gasteiger partial charge in [-0.3, -0.25) is 15.1 Å². The third-order valence-corrected chi connectivity index (χ3v) is 3.95. The van der Waals surface area contributed by atoms with Gasteiger partial charge in [0.15, 0.2) is 0 Å². The van der Waals surface area contributed by atoms with Gasteiger partial charge in [0.2, 0.25) is 0 Å². The maximum Gasteiger partial charge on any atom is 0.269 e. The van der Waals surface area contributed by atoms with Gasteiger partial charge in [-0.1, -0.05) is 0 Å². The summed E-state index contributed by atoms with van der Waals surface area (Å²) < 4.78 is 0. The van der Waals surface area contributed by atoms with Gasteiger partial charge in [0.05, 0.1) is 4.92 Å². The first kappa shape index (κ1) is 14.3. The minimum absolute atomic E-state index is 0.134. The van der Waals surface area contributed by atoms with E-state index in [1.165, 1.54) is 5.69 Å². The molecule has 2 aromatic rings. The molecule has 1 saturated heterocycles. The zero-order valence-corrected chi connectivity index (χ0v) is 12.5. The normalized spacial score (nSPS) is 15.0. The lowest BCUT2D eigenvalue weighted by molar-refractivity contribution is -0.384. The first-order chi connectivity index (χ1) is 10.6. The first-order valence-corrected chi connectivity index (χ1v) is 7.30. The highest BCUT2D eigenvalue weighted by Crippen LogP contribution is 2.22. The van der Waals surface area contributed by atoms with Gasteiger partial charge in [-0.15, -0.1) is 0 Å². The van der Waals surface area contributed by atoms with E-state index in [1.54, 1.807) is 12.1 Å². The summed E-state index contributed by atoms with van der Waals surface area (Å²) in [7, 11) is 0. The summed E-state index contributed by atoms with van der Waals surface area (Å²) in [6.45, 7) is 5.66. The highest BCUT2D eigenvalue weighted by Gasteiger charge is 2.18. The topological polar surface area (TPSA) is 62.5 Å². The molecule has 3 rings (SSSR count). The second-order valence-corrected chi connectivity index (χ2v) is 5.40. The molecule has 0 N–H and O–H groups in total. The van der Waals surface area contributed by atoms with Crippen molar-refractivity contribution in [2.75, 3.05) is 36.0 Å². The molecule has 22 heavy (non-hydrogen) atoms. The molecule has 1 aliphatic rings. The van der Waals surface area contributed by atoms with Gasteiger partial charge in [0.1, 0.15) is 0 Å². The molecule has 1 fully saturated rings. The van der Waals surface area contributed by atoms with Crippen molar-refractivity contribution in [1.82, 2.24) is 4.98 Å². The quantitative estimate of drug-likeness (QED) is 0.644. The van der Waals surface area contributed by atoms with Crippen LogP contribution in [-0.2, 0) is 0 Å². The Morgan fingerprint density at radius 3 is 2.14 bits per heavy atom. The van der Waals surface area contributed by atoms with Gasteiger partial charge >= 0.3 is 0 Å². The molecule has 1 aliphatic heterocycles. The summed E-state index contributed by atoms with van der Waals surface area (Å²) in [6.07, 6.45) is 1.84. The molecule has 0 bridgehead atoms. The van der Waals surface area contributed by atoms with E-state index in [2.05, 4.69) is 20.9 Å². The first-order valence-electron chi connectivity index (χ1n) is 7.30. The van der Waals surface area contributed by atoms with E-state index in [4.69, 9.17) is 0 Å². The third-order valence-electron chi connectivity index (χ3n) is 3.95. The number of piperazine rings is 1. The van der Waals surface area contributed by atoms with Crippen LogP contribution in [0.5, 0.6) is 0 Å². The van der Waals surface area contributed by atoms with Crippen LogP contribution in [0.3, 0.4) is 0 Å². The molecule has 0 spiro atoms. The van der Waals surface area contributed by atoms with Crippen LogP contribution in [0.25, 0.3) is 0 Å². The van der Waals surface area contributed by atoms with Gasteiger partial charge < -0.3 is 9.80 Å². The number of nitro groups is 1. The van der Waals surface area contributed by atoms with Crippen molar-refractivity contribution in [2.45, 2.75) is 6.92 Å². The SMILES string of the molecule is Cc1cc(N2CCN(c3ccc([N+](=O)[O-])cc3)CC2)ccn1. The number of hydrogen-bond acceptors (Lipinski definition) is 5. The molecule has 0 amide bonds. The molecule has 0 aliphatic carbocycles. The van der Waals surface area contributed by atoms with Crippen molar-refractivity contribution in [3.8, 4) is 0 Å². The predicted molar refractivity (Wildman–Crippen MR) is 86.5 cm³/mol. The van der Waals surface area contributed by atoms with Crippen LogP contribution < -0.4 is 9.80 Å². The molecule has 0 radical (unpaired) electrons. The monoisotopic (exact) mass is 298 g/mol. The van der Waals surface area contributed by atoms with E-state index in [9.17, 15) is 10.1 Å². The van der Waals surface area contributed by atoms with E-state index in [1.807, 2.05) is 31.3 Å². The van der Waals surface area contributed by atoms with Crippen molar-refractivity contribution in [2.24, 2.45) is 0 Å². The summed E-state index contributed by atoms with van der Waals surface area (Å²) in [4.78, 5) is 19.2. The van der Waals surface area contributed by atoms with E-state index >= 15 is 0 Å². The van der Waals surface area contributed by atoms with Crippen LogP contribution >= 0.6 is 0 Å². The number of aromatic nitrogens is 1. The molecule has 0 atom stereocenters. The number of benzene rings is 1. The summed E-state index contributed by atoms with van der Waals surface area (Å²) >= 11 is 0. The lowest BCUT2D eigenvalue weighted by Gasteiger charge is -2.37. The number of non-ortho nitro benzene ring substituents is 1. The van der Waals surface area contributed by atoms with Gasteiger partial charge in [0.25, 0.3) is 5.69 Å². The highest BCUT2D eigenvalue weighted by atomic mass is 16.6. The lowest BCUT2D eigenvalue weighted by Crippen LogP contribution is -2.46. The molecule has 1 aromatic carbocycles. The standard InChI is InChI=1S/C16H18N4O2/c1-13-12-16(6-7-17-13)19-10-8-18(9-11-19)14-2-4-15(5-3-14)20(21)22/h2-7,12H,8-11H2,1H3. The smallest absolute Gasteiger partial charge is 0.269 e. The summed E-state index contributed by atoms with van der Waals surface area (Å²) in [5, 5.41) is 10.7. The van der Waals surface area contributed by atoms with Gasteiger partial charge in [-0.25, -0.2) is 0 Å². The minimum atomic E-state index is -0.368. The average molecular weight is 298 g/mol. The fraction of sp³-hybridized carbons (Fsp3) is 0.312. The Bertz CT molecular complexity index is 664. The molecular weight excluding hydrogens is 280 g/mol. The van der Waals surface area contributed by atoms with Crippen LogP contribution in [-0.4, -0.2) is 36.1 Å². The van der Waals surface area contributed by atoms with Crippen LogP contribution in [0.4, 0.5) is 17.1 Å². The number of nitro benzene ring substituents is 1. The van der Waals surface area contributed by atoms with Crippen molar-refractivity contribution in [3.05, 3.63) is 58.4 Å². The molecule has 0 unspecified atom stereocenters. The third kappa shape index (κ3) is 3.00.